The van der Waals surface area contributed by atoms with Crippen LogP contribution in [0.4, 0.5) is 0 Å². The molecule has 2 rings (SSSR count). The van der Waals surface area contributed by atoms with Crippen molar-refractivity contribution >= 4 is 17.3 Å². The van der Waals surface area contributed by atoms with Crippen LogP contribution in [0.15, 0.2) is 36.4 Å². The third-order valence-electron chi connectivity index (χ3n) is 2.44. The molecule has 2 aromatic rings. The van der Waals surface area contributed by atoms with E-state index in [9.17, 15) is 4.79 Å². The fourth-order valence-electron chi connectivity index (χ4n) is 1.55. The Hall–Kier alpha value is -1.61. The molecule has 1 aromatic carbocycles. The van der Waals surface area contributed by atoms with Crippen molar-refractivity contribution in [2.24, 2.45) is 0 Å². The second-order valence-electron chi connectivity index (χ2n) is 3.52. The summed E-state index contributed by atoms with van der Waals surface area (Å²) in [6, 6.07) is 11.7. The van der Waals surface area contributed by atoms with Gasteiger partial charge in [-0.2, -0.15) is 0 Å². The van der Waals surface area contributed by atoms with Crippen molar-refractivity contribution in [1.29, 1.82) is 0 Å². The van der Waals surface area contributed by atoms with Gasteiger partial charge in [-0.25, -0.2) is 4.79 Å². The Labute approximate surface area is 98.2 Å². The van der Waals surface area contributed by atoms with Gasteiger partial charge in [-0.05, 0) is 29.7 Å². The van der Waals surface area contributed by atoms with Crippen LogP contribution < -0.4 is 0 Å². The van der Waals surface area contributed by atoms with E-state index in [1.165, 1.54) is 16.9 Å². The van der Waals surface area contributed by atoms with E-state index in [1.54, 1.807) is 6.07 Å². The number of hydrogen-bond donors (Lipinski definition) is 1. The highest BCUT2D eigenvalue weighted by Crippen LogP contribution is 2.28. The molecule has 0 radical (unpaired) electrons. The smallest absolute Gasteiger partial charge is 0.345 e. The minimum absolute atomic E-state index is 0.386. The SMILES string of the molecule is CCc1cccc(-c2ccc(C(=O)O)s2)c1. The molecule has 0 amide bonds. The van der Waals surface area contributed by atoms with Gasteiger partial charge in [0.15, 0.2) is 0 Å². The standard InChI is InChI=1S/C13H12O2S/c1-2-9-4-3-5-10(8-9)11-6-7-12(16-11)13(14)15/h3-8H,2H2,1H3,(H,14,15). The van der Waals surface area contributed by atoms with Crippen molar-refractivity contribution in [3.05, 3.63) is 46.8 Å². The number of hydrogen-bond acceptors (Lipinski definition) is 2. The number of thiophene rings is 1. The molecular formula is C13H12O2S. The van der Waals surface area contributed by atoms with E-state index in [-0.39, 0.29) is 0 Å². The van der Waals surface area contributed by atoms with Gasteiger partial charge >= 0.3 is 5.97 Å². The quantitative estimate of drug-likeness (QED) is 0.876. The van der Waals surface area contributed by atoms with Crippen LogP contribution in [0.5, 0.6) is 0 Å². The summed E-state index contributed by atoms with van der Waals surface area (Å²) in [7, 11) is 0. The predicted octanol–water partition coefficient (Wildman–Crippen LogP) is 3.68. The molecule has 1 heterocycles. The van der Waals surface area contributed by atoms with E-state index in [0.29, 0.717) is 4.88 Å². The maximum Gasteiger partial charge on any atom is 0.345 e. The summed E-state index contributed by atoms with van der Waals surface area (Å²) >= 11 is 1.31. The number of rotatable bonds is 3. The topological polar surface area (TPSA) is 37.3 Å². The van der Waals surface area contributed by atoms with E-state index < -0.39 is 5.97 Å². The molecule has 0 aliphatic carbocycles. The van der Waals surface area contributed by atoms with Gasteiger partial charge in [-0.1, -0.05) is 31.2 Å². The molecule has 2 nitrogen and oxygen atoms in total. The highest BCUT2D eigenvalue weighted by molar-refractivity contribution is 7.17. The summed E-state index contributed by atoms with van der Waals surface area (Å²) in [5.74, 6) is -0.858. The molecule has 3 heteroatoms. The molecule has 0 saturated carbocycles. The molecule has 0 aliphatic heterocycles. The molecular weight excluding hydrogens is 220 g/mol. The lowest BCUT2D eigenvalue weighted by Gasteiger charge is -2.00. The number of carboxylic acids is 1. The van der Waals surface area contributed by atoms with E-state index >= 15 is 0 Å². The maximum absolute atomic E-state index is 10.8. The third kappa shape index (κ3) is 2.14. The van der Waals surface area contributed by atoms with Gasteiger partial charge in [-0.3, -0.25) is 0 Å². The van der Waals surface area contributed by atoms with E-state index in [2.05, 4.69) is 19.1 Å². The van der Waals surface area contributed by atoms with Crippen LogP contribution in [0.25, 0.3) is 10.4 Å². The average Bonchev–Trinajstić information content (AvgIpc) is 2.78. The summed E-state index contributed by atoms with van der Waals surface area (Å²) in [5, 5.41) is 8.86. The zero-order valence-corrected chi connectivity index (χ0v) is 9.75. The number of aryl methyl sites for hydroxylation is 1. The van der Waals surface area contributed by atoms with Gasteiger partial charge in [-0.15, -0.1) is 11.3 Å². The zero-order chi connectivity index (χ0) is 11.5. The minimum Gasteiger partial charge on any atom is -0.477 e. The molecule has 1 N–H and O–H groups in total. The second kappa shape index (κ2) is 4.49. The molecule has 16 heavy (non-hydrogen) atoms. The van der Waals surface area contributed by atoms with Crippen LogP contribution in [-0.4, -0.2) is 11.1 Å². The lowest BCUT2D eigenvalue weighted by Crippen LogP contribution is -1.89. The second-order valence-corrected chi connectivity index (χ2v) is 4.61. The van der Waals surface area contributed by atoms with Crippen molar-refractivity contribution in [3.8, 4) is 10.4 Å². The Bertz CT molecular complexity index is 514. The molecule has 0 bridgehead atoms. The van der Waals surface area contributed by atoms with E-state index in [4.69, 9.17) is 5.11 Å². The minimum atomic E-state index is -0.858. The van der Waals surface area contributed by atoms with Crippen molar-refractivity contribution in [2.45, 2.75) is 13.3 Å². The predicted molar refractivity (Wildman–Crippen MR) is 66.1 cm³/mol. The van der Waals surface area contributed by atoms with E-state index in [0.717, 1.165) is 16.9 Å². The molecule has 0 fully saturated rings. The summed E-state index contributed by atoms with van der Waals surface area (Å²) in [4.78, 5) is 12.2. The Balaban J connectivity index is 2.38. The number of carbonyl (C=O) groups is 1. The first-order chi connectivity index (χ1) is 7.70. The molecule has 0 spiro atoms. The van der Waals surface area contributed by atoms with Gasteiger partial charge < -0.3 is 5.11 Å². The van der Waals surface area contributed by atoms with Crippen molar-refractivity contribution in [3.63, 3.8) is 0 Å². The first kappa shape index (κ1) is 10.9. The lowest BCUT2D eigenvalue weighted by atomic mass is 10.1. The first-order valence-corrected chi connectivity index (χ1v) is 5.95. The zero-order valence-electron chi connectivity index (χ0n) is 8.93. The highest BCUT2D eigenvalue weighted by Gasteiger charge is 2.08. The van der Waals surface area contributed by atoms with Gasteiger partial charge in [0.25, 0.3) is 0 Å². The Morgan fingerprint density at radius 1 is 1.31 bits per heavy atom. The summed E-state index contributed by atoms with van der Waals surface area (Å²) in [5.41, 5.74) is 2.36. The number of carboxylic acid groups (broad SMARTS) is 1. The first-order valence-electron chi connectivity index (χ1n) is 5.13. The maximum atomic E-state index is 10.8. The fourth-order valence-corrected chi connectivity index (χ4v) is 2.39. The Morgan fingerprint density at radius 2 is 2.12 bits per heavy atom. The largest absolute Gasteiger partial charge is 0.477 e. The van der Waals surface area contributed by atoms with Gasteiger partial charge in [0, 0.05) is 4.88 Å². The molecule has 0 saturated heterocycles. The Morgan fingerprint density at radius 3 is 2.75 bits per heavy atom. The molecule has 82 valence electrons. The van der Waals surface area contributed by atoms with Crippen molar-refractivity contribution in [2.75, 3.05) is 0 Å². The normalized spacial score (nSPS) is 10.3. The third-order valence-corrected chi connectivity index (χ3v) is 3.56. The molecule has 0 unspecified atom stereocenters. The van der Waals surface area contributed by atoms with Crippen LogP contribution in [0.1, 0.15) is 22.2 Å². The van der Waals surface area contributed by atoms with Gasteiger partial charge in [0.2, 0.25) is 0 Å². The Kier molecular flexibility index (Phi) is 3.06. The number of aromatic carboxylic acids is 1. The highest BCUT2D eigenvalue weighted by atomic mass is 32.1. The molecule has 0 atom stereocenters. The van der Waals surface area contributed by atoms with Crippen LogP contribution >= 0.6 is 11.3 Å². The molecule has 1 aromatic heterocycles. The monoisotopic (exact) mass is 232 g/mol. The van der Waals surface area contributed by atoms with Crippen molar-refractivity contribution < 1.29 is 9.90 Å². The van der Waals surface area contributed by atoms with Crippen molar-refractivity contribution in [1.82, 2.24) is 0 Å². The van der Waals surface area contributed by atoms with Gasteiger partial charge in [0.1, 0.15) is 4.88 Å². The van der Waals surface area contributed by atoms with Crippen LogP contribution in [0.2, 0.25) is 0 Å². The number of benzene rings is 1. The summed E-state index contributed by atoms with van der Waals surface area (Å²) < 4.78 is 0. The van der Waals surface area contributed by atoms with Gasteiger partial charge in [0.05, 0.1) is 0 Å². The summed E-state index contributed by atoms with van der Waals surface area (Å²) in [6.45, 7) is 2.11. The molecule has 0 aliphatic rings. The van der Waals surface area contributed by atoms with Crippen LogP contribution in [0, 0.1) is 0 Å². The summed E-state index contributed by atoms with van der Waals surface area (Å²) in [6.07, 6.45) is 0.991. The average molecular weight is 232 g/mol. The van der Waals surface area contributed by atoms with Crippen LogP contribution in [-0.2, 0) is 6.42 Å². The lowest BCUT2D eigenvalue weighted by molar-refractivity contribution is 0.0702. The van der Waals surface area contributed by atoms with Crippen LogP contribution in [0.3, 0.4) is 0 Å². The van der Waals surface area contributed by atoms with E-state index in [1.807, 2.05) is 18.2 Å². The fraction of sp³-hybridized carbons (Fsp3) is 0.154.